The predicted octanol–water partition coefficient (Wildman–Crippen LogP) is 2.16. The van der Waals surface area contributed by atoms with Gasteiger partial charge in [-0.2, -0.15) is 0 Å². The van der Waals surface area contributed by atoms with Gasteiger partial charge < -0.3 is 15.4 Å². The lowest BCUT2D eigenvalue weighted by Gasteiger charge is -2.23. The number of anilines is 1. The van der Waals surface area contributed by atoms with E-state index < -0.39 is 11.8 Å². The van der Waals surface area contributed by atoms with E-state index in [0.717, 1.165) is 5.56 Å². The van der Waals surface area contributed by atoms with E-state index >= 15 is 0 Å². The largest absolute Gasteiger partial charge is 0.478 e. The molecule has 2 N–H and O–H groups in total. The summed E-state index contributed by atoms with van der Waals surface area (Å²) in [5.41, 5.74) is 1.55. The zero-order valence-electron chi connectivity index (χ0n) is 13.7. The molecule has 0 bridgehead atoms. The van der Waals surface area contributed by atoms with Crippen molar-refractivity contribution in [2.75, 3.05) is 18.5 Å². The zero-order chi connectivity index (χ0) is 17.8. The molecule has 130 valence electrons. The lowest BCUT2D eigenvalue weighted by Crippen LogP contribution is -2.42. The van der Waals surface area contributed by atoms with Crippen LogP contribution in [-0.2, 0) is 11.3 Å². The standard InChI is InChI=1S/C18H18FN3O3/c1-2-25-15-8-7-14-16(22-15)17(23)13(10-20-14)18(24)21-9-11-3-5-12(19)6-4-11/h3-8,13,20H,2,9-10H2,1H3,(H,21,24). The van der Waals surface area contributed by atoms with Gasteiger partial charge in [-0.25, -0.2) is 9.37 Å². The van der Waals surface area contributed by atoms with Gasteiger partial charge >= 0.3 is 0 Å². The highest BCUT2D eigenvalue weighted by atomic mass is 19.1. The highest BCUT2D eigenvalue weighted by Gasteiger charge is 2.34. The number of amides is 1. The van der Waals surface area contributed by atoms with Crippen molar-refractivity contribution < 1.29 is 18.7 Å². The highest BCUT2D eigenvalue weighted by Crippen LogP contribution is 2.25. The molecule has 0 saturated heterocycles. The van der Waals surface area contributed by atoms with Crippen LogP contribution >= 0.6 is 0 Å². The minimum absolute atomic E-state index is 0.205. The van der Waals surface area contributed by atoms with Crippen molar-refractivity contribution in [3.05, 3.63) is 53.5 Å². The Morgan fingerprint density at radius 1 is 1.32 bits per heavy atom. The molecule has 25 heavy (non-hydrogen) atoms. The van der Waals surface area contributed by atoms with Crippen molar-refractivity contribution in [2.45, 2.75) is 13.5 Å². The Labute approximate surface area is 144 Å². The molecule has 2 heterocycles. The number of Topliss-reactive ketones (excluding diaryl/α,β-unsaturated/α-hetero) is 1. The maximum Gasteiger partial charge on any atom is 0.233 e. The Morgan fingerprint density at radius 2 is 2.08 bits per heavy atom. The molecule has 1 unspecified atom stereocenters. The number of nitrogens with one attached hydrogen (secondary N) is 2. The van der Waals surface area contributed by atoms with Gasteiger partial charge in [-0.05, 0) is 30.7 Å². The van der Waals surface area contributed by atoms with E-state index in [-0.39, 0.29) is 30.4 Å². The van der Waals surface area contributed by atoms with Crippen LogP contribution in [0, 0.1) is 11.7 Å². The fraction of sp³-hybridized carbons (Fsp3) is 0.278. The second kappa shape index (κ2) is 7.29. The first kappa shape index (κ1) is 16.9. The molecule has 1 aliphatic rings. The van der Waals surface area contributed by atoms with Crippen LogP contribution in [0.2, 0.25) is 0 Å². The number of rotatable bonds is 5. The van der Waals surface area contributed by atoms with Gasteiger partial charge in [0.25, 0.3) is 0 Å². The molecule has 1 atom stereocenters. The maximum atomic E-state index is 12.9. The Morgan fingerprint density at radius 3 is 2.80 bits per heavy atom. The molecular formula is C18H18FN3O3. The molecule has 6 nitrogen and oxygen atoms in total. The first-order valence-corrected chi connectivity index (χ1v) is 8.02. The zero-order valence-corrected chi connectivity index (χ0v) is 13.7. The summed E-state index contributed by atoms with van der Waals surface area (Å²) in [6.07, 6.45) is 0. The Kier molecular flexibility index (Phi) is 4.92. The van der Waals surface area contributed by atoms with Gasteiger partial charge in [-0.3, -0.25) is 9.59 Å². The first-order chi connectivity index (χ1) is 12.1. The Bertz CT molecular complexity index is 793. The summed E-state index contributed by atoms with van der Waals surface area (Å²) < 4.78 is 18.2. The van der Waals surface area contributed by atoms with Gasteiger partial charge in [-0.1, -0.05) is 12.1 Å². The van der Waals surface area contributed by atoms with Gasteiger partial charge in [0.05, 0.1) is 12.3 Å². The third-order valence-electron chi connectivity index (χ3n) is 3.90. The summed E-state index contributed by atoms with van der Waals surface area (Å²) in [6, 6.07) is 9.22. The molecule has 0 saturated carbocycles. The van der Waals surface area contributed by atoms with Crippen molar-refractivity contribution >= 4 is 17.4 Å². The third kappa shape index (κ3) is 3.76. The predicted molar refractivity (Wildman–Crippen MR) is 90.0 cm³/mol. The molecule has 1 aromatic heterocycles. The average molecular weight is 343 g/mol. The van der Waals surface area contributed by atoms with Gasteiger partial charge in [0.15, 0.2) is 5.78 Å². The number of halogens is 1. The third-order valence-corrected chi connectivity index (χ3v) is 3.90. The quantitative estimate of drug-likeness (QED) is 0.813. The first-order valence-electron chi connectivity index (χ1n) is 8.02. The minimum Gasteiger partial charge on any atom is -0.478 e. The van der Waals surface area contributed by atoms with Gasteiger partial charge in [0.2, 0.25) is 11.8 Å². The van der Waals surface area contributed by atoms with E-state index in [9.17, 15) is 14.0 Å². The van der Waals surface area contributed by atoms with Crippen LogP contribution in [0.3, 0.4) is 0 Å². The van der Waals surface area contributed by atoms with Crippen LogP contribution in [0.25, 0.3) is 0 Å². The SMILES string of the molecule is CCOc1ccc2c(n1)C(=O)C(C(=O)NCc1ccc(F)cc1)CN2. The molecule has 0 radical (unpaired) electrons. The van der Waals surface area contributed by atoms with Crippen LogP contribution in [0.5, 0.6) is 5.88 Å². The number of pyridine rings is 1. The molecule has 1 aliphatic heterocycles. The van der Waals surface area contributed by atoms with E-state index in [4.69, 9.17) is 4.74 Å². The smallest absolute Gasteiger partial charge is 0.233 e. The summed E-state index contributed by atoms with van der Waals surface area (Å²) >= 11 is 0. The maximum absolute atomic E-state index is 12.9. The molecule has 1 amide bonds. The average Bonchev–Trinajstić information content (AvgIpc) is 2.62. The van der Waals surface area contributed by atoms with Crippen LogP contribution in [0.1, 0.15) is 23.0 Å². The Hall–Kier alpha value is -2.96. The fourth-order valence-electron chi connectivity index (χ4n) is 2.60. The molecular weight excluding hydrogens is 325 g/mol. The van der Waals surface area contributed by atoms with Crippen molar-refractivity contribution in [1.82, 2.24) is 10.3 Å². The van der Waals surface area contributed by atoms with E-state index in [1.807, 2.05) is 6.92 Å². The van der Waals surface area contributed by atoms with Crippen molar-refractivity contribution in [2.24, 2.45) is 5.92 Å². The molecule has 2 aromatic rings. The van der Waals surface area contributed by atoms with Crippen molar-refractivity contribution in [1.29, 1.82) is 0 Å². The number of fused-ring (bicyclic) bond motifs is 1. The highest BCUT2D eigenvalue weighted by molar-refractivity contribution is 6.13. The van der Waals surface area contributed by atoms with E-state index in [0.29, 0.717) is 18.2 Å². The number of carbonyl (C=O) groups excluding carboxylic acids is 2. The number of carbonyl (C=O) groups is 2. The number of ether oxygens (including phenoxy) is 1. The normalized spacial score (nSPS) is 15.9. The van der Waals surface area contributed by atoms with E-state index in [2.05, 4.69) is 15.6 Å². The second-order valence-corrected chi connectivity index (χ2v) is 5.62. The number of aromatic nitrogens is 1. The van der Waals surface area contributed by atoms with E-state index in [1.165, 1.54) is 12.1 Å². The number of nitrogens with zero attached hydrogens (tertiary/aromatic N) is 1. The van der Waals surface area contributed by atoms with Gasteiger partial charge in [-0.15, -0.1) is 0 Å². The van der Waals surface area contributed by atoms with Crippen LogP contribution in [0.15, 0.2) is 36.4 Å². The van der Waals surface area contributed by atoms with Gasteiger partial charge in [0.1, 0.15) is 17.4 Å². The lowest BCUT2D eigenvalue weighted by atomic mass is 9.95. The molecule has 7 heteroatoms. The summed E-state index contributed by atoms with van der Waals surface area (Å²) in [5, 5.41) is 5.76. The number of hydrogen-bond acceptors (Lipinski definition) is 5. The van der Waals surface area contributed by atoms with E-state index in [1.54, 1.807) is 24.3 Å². The second-order valence-electron chi connectivity index (χ2n) is 5.62. The van der Waals surface area contributed by atoms with Crippen molar-refractivity contribution in [3.8, 4) is 5.88 Å². The topological polar surface area (TPSA) is 80.3 Å². The minimum atomic E-state index is -0.864. The monoisotopic (exact) mass is 343 g/mol. The van der Waals surface area contributed by atoms with Crippen LogP contribution in [-0.4, -0.2) is 29.8 Å². The fourth-order valence-corrected chi connectivity index (χ4v) is 2.60. The summed E-state index contributed by atoms with van der Waals surface area (Å²) in [4.78, 5) is 29.2. The molecule has 0 spiro atoms. The summed E-state index contributed by atoms with van der Waals surface area (Å²) in [6.45, 7) is 2.70. The van der Waals surface area contributed by atoms with Gasteiger partial charge in [0, 0.05) is 19.2 Å². The summed E-state index contributed by atoms with van der Waals surface area (Å²) in [7, 11) is 0. The number of hydrogen-bond donors (Lipinski definition) is 2. The number of benzene rings is 1. The van der Waals surface area contributed by atoms with Crippen molar-refractivity contribution in [3.63, 3.8) is 0 Å². The Balaban J connectivity index is 1.68. The molecule has 0 fully saturated rings. The molecule has 0 aliphatic carbocycles. The molecule has 1 aromatic carbocycles. The van der Waals surface area contributed by atoms with Crippen LogP contribution in [0.4, 0.5) is 10.1 Å². The van der Waals surface area contributed by atoms with Crippen LogP contribution < -0.4 is 15.4 Å². The molecule has 3 rings (SSSR count). The lowest BCUT2D eigenvalue weighted by molar-refractivity contribution is -0.123. The summed E-state index contributed by atoms with van der Waals surface area (Å²) in [5.74, 6) is -1.58. The number of ketones is 1.